The molecule has 3 heterocycles. The van der Waals surface area contributed by atoms with Gasteiger partial charge in [0.25, 0.3) is 5.82 Å². The van der Waals surface area contributed by atoms with Crippen LogP contribution in [0, 0.1) is 11.3 Å². The minimum absolute atomic E-state index is 0.113. The number of nitriles is 1. The second-order valence-corrected chi connectivity index (χ2v) is 3.88. The van der Waals surface area contributed by atoms with Crippen molar-refractivity contribution in [3.8, 4) is 6.07 Å². The van der Waals surface area contributed by atoms with E-state index in [1.807, 2.05) is 12.1 Å². The lowest BCUT2D eigenvalue weighted by Crippen LogP contribution is -2.23. The Hall–Kier alpha value is -2.95. The zero-order valence-electron chi connectivity index (χ0n) is 9.84. The van der Waals surface area contributed by atoms with Gasteiger partial charge in [-0.05, 0) is 12.1 Å². The Labute approximate surface area is 107 Å². The van der Waals surface area contributed by atoms with Crippen molar-refractivity contribution in [1.82, 2.24) is 28.9 Å². The number of hydrogen-bond donors (Lipinski definition) is 0. The highest BCUT2D eigenvalue weighted by atomic mass is 16.2. The SMILES string of the molecule is N#Cc1ncn(CCn2nc3ccccn3c2=O)n1. The molecule has 0 aliphatic heterocycles. The Kier molecular flexibility index (Phi) is 2.57. The molecule has 0 aliphatic rings. The quantitative estimate of drug-likeness (QED) is 0.638. The second-order valence-electron chi connectivity index (χ2n) is 3.88. The summed E-state index contributed by atoms with van der Waals surface area (Å²) in [5, 5.41) is 16.7. The third-order valence-electron chi connectivity index (χ3n) is 2.67. The van der Waals surface area contributed by atoms with Gasteiger partial charge < -0.3 is 0 Å². The van der Waals surface area contributed by atoms with E-state index in [9.17, 15) is 4.79 Å². The molecule has 19 heavy (non-hydrogen) atoms. The monoisotopic (exact) mass is 255 g/mol. The van der Waals surface area contributed by atoms with Gasteiger partial charge in [-0.3, -0.25) is 4.40 Å². The summed E-state index contributed by atoms with van der Waals surface area (Å²) >= 11 is 0. The van der Waals surface area contributed by atoms with Gasteiger partial charge >= 0.3 is 5.69 Å². The zero-order valence-corrected chi connectivity index (χ0v) is 9.84. The third kappa shape index (κ3) is 1.97. The molecule has 0 amide bonds. The van der Waals surface area contributed by atoms with Gasteiger partial charge in [0.05, 0.1) is 13.1 Å². The molecule has 0 N–H and O–H groups in total. The predicted octanol–water partition coefficient (Wildman–Crippen LogP) is -0.341. The van der Waals surface area contributed by atoms with Gasteiger partial charge in [0.2, 0.25) is 0 Å². The van der Waals surface area contributed by atoms with Gasteiger partial charge in [0.1, 0.15) is 12.4 Å². The number of fused-ring (bicyclic) bond motifs is 1. The fourth-order valence-electron chi connectivity index (χ4n) is 1.76. The van der Waals surface area contributed by atoms with E-state index in [1.165, 1.54) is 20.1 Å². The van der Waals surface area contributed by atoms with Crippen LogP contribution in [0.15, 0.2) is 35.5 Å². The summed E-state index contributed by atoms with van der Waals surface area (Å²) in [6.07, 6.45) is 3.13. The maximum absolute atomic E-state index is 12.0. The van der Waals surface area contributed by atoms with Crippen molar-refractivity contribution in [2.45, 2.75) is 13.1 Å². The minimum atomic E-state index is -0.198. The lowest BCUT2D eigenvalue weighted by atomic mass is 10.5. The van der Waals surface area contributed by atoms with E-state index < -0.39 is 0 Å². The smallest absolute Gasteiger partial charge is 0.250 e. The Morgan fingerprint density at radius 1 is 1.26 bits per heavy atom. The fraction of sp³-hybridized carbons (Fsp3) is 0.182. The first kappa shape index (κ1) is 11.2. The van der Waals surface area contributed by atoms with Crippen LogP contribution in [0.4, 0.5) is 0 Å². The largest absolute Gasteiger partial charge is 0.350 e. The number of rotatable bonds is 3. The average Bonchev–Trinajstić information content (AvgIpc) is 3.02. The molecule has 3 rings (SSSR count). The molecule has 94 valence electrons. The molecule has 8 nitrogen and oxygen atoms in total. The molecule has 8 heteroatoms. The van der Waals surface area contributed by atoms with Gasteiger partial charge in [-0.25, -0.2) is 19.1 Å². The number of aromatic nitrogens is 6. The van der Waals surface area contributed by atoms with Crippen LogP contribution in [0.5, 0.6) is 0 Å². The maximum Gasteiger partial charge on any atom is 0.350 e. The summed E-state index contributed by atoms with van der Waals surface area (Å²) in [5.74, 6) is 0.113. The lowest BCUT2D eigenvalue weighted by Gasteiger charge is -1.98. The molecule has 0 radical (unpaired) electrons. The summed E-state index contributed by atoms with van der Waals surface area (Å²) in [6.45, 7) is 0.799. The molecule has 0 aromatic carbocycles. The molecular formula is C11H9N7O. The third-order valence-corrected chi connectivity index (χ3v) is 2.67. The minimum Gasteiger partial charge on any atom is -0.250 e. The van der Waals surface area contributed by atoms with E-state index in [1.54, 1.807) is 18.3 Å². The molecule has 3 aromatic rings. The topological polar surface area (TPSA) is 93.8 Å². The van der Waals surface area contributed by atoms with Crippen molar-refractivity contribution in [3.63, 3.8) is 0 Å². The molecule has 0 atom stereocenters. The van der Waals surface area contributed by atoms with Crippen molar-refractivity contribution >= 4 is 5.65 Å². The zero-order chi connectivity index (χ0) is 13.2. The molecule has 0 saturated carbocycles. The Morgan fingerprint density at radius 2 is 2.16 bits per heavy atom. The number of pyridine rings is 1. The molecule has 3 aromatic heterocycles. The Bertz CT molecular complexity index is 819. The highest BCUT2D eigenvalue weighted by Crippen LogP contribution is 1.95. The molecule has 0 spiro atoms. The van der Waals surface area contributed by atoms with Crippen LogP contribution in [0.3, 0.4) is 0 Å². The van der Waals surface area contributed by atoms with Crippen molar-refractivity contribution in [3.05, 3.63) is 47.0 Å². The summed E-state index contributed by atoms with van der Waals surface area (Å²) in [4.78, 5) is 15.8. The first-order valence-corrected chi connectivity index (χ1v) is 5.62. The van der Waals surface area contributed by atoms with Crippen LogP contribution in [-0.2, 0) is 13.1 Å². The normalized spacial score (nSPS) is 10.7. The molecule has 0 unspecified atom stereocenters. The van der Waals surface area contributed by atoms with Crippen molar-refractivity contribution < 1.29 is 0 Å². The second kappa shape index (κ2) is 4.38. The van der Waals surface area contributed by atoms with Crippen molar-refractivity contribution in [2.75, 3.05) is 0 Å². The van der Waals surface area contributed by atoms with Crippen LogP contribution < -0.4 is 5.69 Å². The summed E-state index contributed by atoms with van der Waals surface area (Å²) in [7, 11) is 0. The molecule has 0 bridgehead atoms. The van der Waals surface area contributed by atoms with Gasteiger partial charge in [0, 0.05) is 6.20 Å². The van der Waals surface area contributed by atoms with Crippen molar-refractivity contribution in [1.29, 1.82) is 5.26 Å². The number of hydrogen-bond acceptors (Lipinski definition) is 5. The highest BCUT2D eigenvalue weighted by Gasteiger charge is 2.06. The van der Waals surface area contributed by atoms with Gasteiger partial charge in [-0.2, -0.15) is 5.26 Å². The summed E-state index contributed by atoms with van der Waals surface area (Å²) in [5.41, 5.74) is 0.403. The van der Waals surface area contributed by atoms with Crippen molar-refractivity contribution in [2.24, 2.45) is 0 Å². The van der Waals surface area contributed by atoms with Crippen LogP contribution in [0.25, 0.3) is 5.65 Å². The van der Waals surface area contributed by atoms with Crippen LogP contribution in [0.1, 0.15) is 5.82 Å². The molecule has 0 fully saturated rings. The Morgan fingerprint density at radius 3 is 2.89 bits per heavy atom. The average molecular weight is 255 g/mol. The van der Waals surface area contributed by atoms with E-state index in [-0.39, 0.29) is 11.5 Å². The van der Waals surface area contributed by atoms with E-state index in [0.717, 1.165) is 0 Å². The van der Waals surface area contributed by atoms with Gasteiger partial charge in [-0.1, -0.05) is 6.07 Å². The fourth-order valence-corrected chi connectivity index (χ4v) is 1.76. The standard InChI is InChI=1S/C11H9N7O/c12-7-9-13-8-16(14-9)5-6-18-11(19)17-4-2-1-3-10(17)15-18/h1-4,8H,5-6H2. The van der Waals surface area contributed by atoms with E-state index in [0.29, 0.717) is 18.7 Å². The summed E-state index contributed by atoms with van der Waals surface area (Å²) < 4.78 is 4.35. The van der Waals surface area contributed by atoms with E-state index in [4.69, 9.17) is 5.26 Å². The first-order valence-electron chi connectivity index (χ1n) is 5.62. The lowest BCUT2D eigenvalue weighted by molar-refractivity contribution is 0.488. The van der Waals surface area contributed by atoms with Gasteiger partial charge in [0.15, 0.2) is 5.65 Å². The van der Waals surface area contributed by atoms with Crippen LogP contribution >= 0.6 is 0 Å². The number of nitrogens with zero attached hydrogens (tertiary/aromatic N) is 7. The van der Waals surface area contributed by atoms with Crippen LogP contribution in [0.2, 0.25) is 0 Å². The predicted molar refractivity (Wildman–Crippen MR) is 64.2 cm³/mol. The maximum atomic E-state index is 12.0. The van der Waals surface area contributed by atoms with Crippen LogP contribution in [-0.4, -0.2) is 28.9 Å². The molecular weight excluding hydrogens is 246 g/mol. The van der Waals surface area contributed by atoms with Gasteiger partial charge in [-0.15, -0.1) is 10.2 Å². The van der Waals surface area contributed by atoms with E-state index >= 15 is 0 Å². The Balaban J connectivity index is 1.84. The number of aryl methyl sites for hydroxylation is 2. The van der Waals surface area contributed by atoms with E-state index in [2.05, 4.69) is 15.2 Å². The highest BCUT2D eigenvalue weighted by molar-refractivity contribution is 5.35. The molecule has 0 saturated heterocycles. The first-order chi connectivity index (χ1) is 9.28. The summed E-state index contributed by atoms with van der Waals surface area (Å²) in [6, 6.07) is 7.21. The molecule has 0 aliphatic carbocycles.